The number of rotatable bonds is 4. The van der Waals surface area contributed by atoms with Crippen molar-refractivity contribution in [3.05, 3.63) is 71.8 Å². The third kappa shape index (κ3) is 3.35. The van der Waals surface area contributed by atoms with E-state index < -0.39 is 0 Å². The molecular weight excluding hydrogens is 328 g/mol. The van der Waals surface area contributed by atoms with E-state index in [2.05, 4.69) is 52.8 Å². The van der Waals surface area contributed by atoms with Crippen molar-refractivity contribution in [3.63, 3.8) is 0 Å². The predicted octanol–water partition coefficient (Wildman–Crippen LogP) is 4.58. The van der Waals surface area contributed by atoms with Crippen LogP contribution in [-0.4, -0.2) is 24.0 Å². The standard InChI is InChI=1S/C21H20N2OS/c24-19-10-4-9-17(21-22-12-5-13-23-21)18(19)14-25-20-11-3-7-15-6-1-2-8-16(15)20/h1-4,6-11,24H,5,12-14H2,(H,22,23). The topological polar surface area (TPSA) is 44.6 Å². The van der Waals surface area contributed by atoms with Crippen LogP contribution in [0.25, 0.3) is 10.8 Å². The summed E-state index contributed by atoms with van der Waals surface area (Å²) in [4.78, 5) is 5.82. The zero-order valence-electron chi connectivity index (χ0n) is 13.9. The molecule has 0 spiro atoms. The van der Waals surface area contributed by atoms with E-state index in [-0.39, 0.29) is 0 Å². The summed E-state index contributed by atoms with van der Waals surface area (Å²) >= 11 is 1.75. The van der Waals surface area contributed by atoms with Gasteiger partial charge in [0, 0.05) is 34.9 Å². The van der Waals surface area contributed by atoms with Crippen LogP contribution in [0.4, 0.5) is 0 Å². The SMILES string of the molecule is Oc1cccc(C2=NCCCN2)c1CSc1cccc2ccccc12. The molecular formula is C21H20N2OS. The van der Waals surface area contributed by atoms with Crippen LogP contribution in [-0.2, 0) is 5.75 Å². The lowest BCUT2D eigenvalue weighted by atomic mass is 10.1. The summed E-state index contributed by atoms with van der Waals surface area (Å²) < 4.78 is 0. The number of thioether (sulfide) groups is 1. The van der Waals surface area contributed by atoms with Gasteiger partial charge in [-0.3, -0.25) is 4.99 Å². The highest BCUT2D eigenvalue weighted by Gasteiger charge is 2.15. The number of hydrogen-bond acceptors (Lipinski definition) is 4. The molecule has 4 heteroatoms. The highest BCUT2D eigenvalue weighted by atomic mass is 32.2. The molecule has 0 atom stereocenters. The minimum atomic E-state index is 0.334. The largest absolute Gasteiger partial charge is 0.508 e. The van der Waals surface area contributed by atoms with Crippen molar-refractivity contribution >= 4 is 28.4 Å². The third-order valence-corrected chi connectivity index (χ3v) is 5.53. The lowest BCUT2D eigenvalue weighted by Crippen LogP contribution is -2.30. The summed E-state index contributed by atoms with van der Waals surface area (Å²) in [5.41, 5.74) is 1.95. The molecule has 0 aromatic heterocycles. The van der Waals surface area contributed by atoms with Gasteiger partial charge in [0.25, 0.3) is 0 Å². The first-order valence-corrected chi connectivity index (χ1v) is 9.51. The van der Waals surface area contributed by atoms with Gasteiger partial charge in [0.1, 0.15) is 11.6 Å². The van der Waals surface area contributed by atoms with Gasteiger partial charge in [0.15, 0.2) is 0 Å². The number of phenols is 1. The van der Waals surface area contributed by atoms with E-state index in [0.29, 0.717) is 11.5 Å². The van der Waals surface area contributed by atoms with Gasteiger partial charge in [-0.15, -0.1) is 11.8 Å². The Morgan fingerprint density at radius 1 is 1.00 bits per heavy atom. The number of nitrogens with one attached hydrogen (secondary N) is 1. The summed E-state index contributed by atoms with van der Waals surface area (Å²) in [5.74, 6) is 1.94. The Bertz CT molecular complexity index is 931. The highest BCUT2D eigenvalue weighted by Crippen LogP contribution is 2.34. The number of aliphatic imine (C=N–C) groups is 1. The van der Waals surface area contributed by atoms with E-state index >= 15 is 0 Å². The van der Waals surface area contributed by atoms with Crippen LogP contribution in [0.2, 0.25) is 0 Å². The number of nitrogens with zero attached hydrogens (tertiary/aromatic N) is 1. The molecule has 0 radical (unpaired) electrons. The van der Waals surface area contributed by atoms with Crippen LogP contribution < -0.4 is 5.32 Å². The molecule has 0 unspecified atom stereocenters. The minimum absolute atomic E-state index is 0.334. The number of amidine groups is 1. The quantitative estimate of drug-likeness (QED) is 0.679. The van der Waals surface area contributed by atoms with Crippen molar-refractivity contribution in [3.8, 4) is 5.75 Å². The smallest absolute Gasteiger partial charge is 0.128 e. The summed E-state index contributed by atoms with van der Waals surface area (Å²) in [6, 6.07) is 20.4. The van der Waals surface area contributed by atoms with Crippen LogP contribution in [0.15, 0.2) is 70.6 Å². The van der Waals surface area contributed by atoms with Crippen molar-refractivity contribution < 1.29 is 5.11 Å². The van der Waals surface area contributed by atoms with Crippen LogP contribution in [0.5, 0.6) is 5.75 Å². The van der Waals surface area contributed by atoms with Crippen molar-refractivity contribution in [2.75, 3.05) is 13.1 Å². The zero-order chi connectivity index (χ0) is 17.1. The van der Waals surface area contributed by atoms with Crippen LogP contribution in [0.3, 0.4) is 0 Å². The minimum Gasteiger partial charge on any atom is -0.508 e. The molecule has 3 aromatic rings. The van der Waals surface area contributed by atoms with Gasteiger partial charge < -0.3 is 10.4 Å². The van der Waals surface area contributed by atoms with Gasteiger partial charge in [0.05, 0.1) is 0 Å². The second-order valence-electron chi connectivity index (χ2n) is 6.08. The van der Waals surface area contributed by atoms with Gasteiger partial charge in [-0.1, -0.05) is 48.5 Å². The summed E-state index contributed by atoms with van der Waals surface area (Å²) in [5, 5.41) is 16.3. The monoisotopic (exact) mass is 348 g/mol. The van der Waals surface area contributed by atoms with Gasteiger partial charge >= 0.3 is 0 Å². The Morgan fingerprint density at radius 2 is 1.84 bits per heavy atom. The maximum Gasteiger partial charge on any atom is 0.128 e. The van der Waals surface area contributed by atoms with Gasteiger partial charge in [-0.25, -0.2) is 0 Å². The molecule has 0 amide bonds. The maximum atomic E-state index is 10.4. The molecule has 126 valence electrons. The van der Waals surface area contributed by atoms with E-state index in [0.717, 1.165) is 36.5 Å². The third-order valence-electron chi connectivity index (χ3n) is 4.43. The fourth-order valence-electron chi connectivity index (χ4n) is 3.13. The van der Waals surface area contributed by atoms with E-state index in [9.17, 15) is 5.11 Å². The molecule has 1 heterocycles. The molecule has 2 N–H and O–H groups in total. The maximum absolute atomic E-state index is 10.4. The molecule has 0 aliphatic carbocycles. The molecule has 1 aliphatic heterocycles. The fraction of sp³-hybridized carbons (Fsp3) is 0.190. The Hall–Kier alpha value is -2.46. The van der Waals surface area contributed by atoms with Crippen LogP contribution in [0, 0.1) is 0 Å². The van der Waals surface area contributed by atoms with E-state index in [1.165, 1.54) is 15.7 Å². The Morgan fingerprint density at radius 3 is 2.72 bits per heavy atom. The van der Waals surface area contributed by atoms with Gasteiger partial charge in [-0.05, 0) is 29.3 Å². The second kappa shape index (κ2) is 7.19. The van der Waals surface area contributed by atoms with Gasteiger partial charge in [0.2, 0.25) is 0 Å². The number of aromatic hydroxyl groups is 1. The number of benzene rings is 3. The average Bonchev–Trinajstić information content (AvgIpc) is 2.67. The Balaban J connectivity index is 1.66. The van der Waals surface area contributed by atoms with E-state index in [4.69, 9.17) is 0 Å². The molecule has 0 saturated heterocycles. The molecule has 3 nitrogen and oxygen atoms in total. The van der Waals surface area contributed by atoms with Crippen molar-refractivity contribution in [1.82, 2.24) is 5.32 Å². The molecule has 0 saturated carbocycles. The van der Waals surface area contributed by atoms with Gasteiger partial charge in [-0.2, -0.15) is 0 Å². The first-order chi connectivity index (χ1) is 12.3. The van der Waals surface area contributed by atoms with Crippen LogP contribution >= 0.6 is 11.8 Å². The number of fused-ring (bicyclic) bond motifs is 1. The Labute approximate surface area is 151 Å². The zero-order valence-corrected chi connectivity index (χ0v) is 14.7. The van der Waals surface area contributed by atoms with E-state index in [1.54, 1.807) is 17.8 Å². The summed E-state index contributed by atoms with van der Waals surface area (Å²) in [6.07, 6.45) is 1.06. The van der Waals surface area contributed by atoms with E-state index in [1.807, 2.05) is 12.1 Å². The fourth-order valence-corrected chi connectivity index (χ4v) is 4.25. The lowest BCUT2D eigenvalue weighted by molar-refractivity contribution is 0.470. The summed E-state index contributed by atoms with van der Waals surface area (Å²) in [6.45, 7) is 1.78. The number of phenolic OH excluding ortho intramolecular Hbond substituents is 1. The lowest BCUT2D eigenvalue weighted by Gasteiger charge is -2.18. The van der Waals surface area contributed by atoms with Crippen molar-refractivity contribution in [1.29, 1.82) is 0 Å². The molecule has 0 fully saturated rings. The summed E-state index contributed by atoms with van der Waals surface area (Å²) in [7, 11) is 0. The normalized spacial score (nSPS) is 14.2. The first-order valence-electron chi connectivity index (χ1n) is 8.53. The highest BCUT2D eigenvalue weighted by molar-refractivity contribution is 7.98. The van der Waals surface area contributed by atoms with Crippen molar-refractivity contribution in [2.45, 2.75) is 17.1 Å². The number of hydrogen-bond donors (Lipinski definition) is 2. The molecule has 25 heavy (non-hydrogen) atoms. The first kappa shape index (κ1) is 16.0. The van der Waals surface area contributed by atoms with Crippen molar-refractivity contribution in [2.24, 2.45) is 4.99 Å². The molecule has 4 rings (SSSR count). The second-order valence-corrected chi connectivity index (χ2v) is 7.10. The Kier molecular flexibility index (Phi) is 4.61. The average molecular weight is 348 g/mol. The molecule has 3 aromatic carbocycles. The molecule has 1 aliphatic rings. The predicted molar refractivity (Wildman–Crippen MR) is 106 cm³/mol. The molecule has 0 bridgehead atoms. The van der Waals surface area contributed by atoms with Crippen LogP contribution in [0.1, 0.15) is 17.5 Å².